The van der Waals surface area contributed by atoms with E-state index in [-0.39, 0.29) is 11.2 Å². The number of fused-ring (bicyclic) bond motifs is 2. The van der Waals surface area contributed by atoms with E-state index in [2.05, 4.69) is 57.2 Å². The molecule has 1 aliphatic heterocycles. The summed E-state index contributed by atoms with van der Waals surface area (Å²) >= 11 is 3.41. The van der Waals surface area contributed by atoms with Crippen LogP contribution in [0.15, 0.2) is 46.9 Å². The summed E-state index contributed by atoms with van der Waals surface area (Å²) in [5.41, 5.74) is 4.24. The molecular formula is C21H22BrNO2. The summed E-state index contributed by atoms with van der Waals surface area (Å²) in [5, 5.41) is 9.97. The maximum Gasteiger partial charge on any atom is 0.172 e. The van der Waals surface area contributed by atoms with E-state index in [0.29, 0.717) is 10.2 Å². The van der Waals surface area contributed by atoms with Crippen LogP contribution in [0, 0.1) is 0 Å². The minimum atomic E-state index is 0.163. The van der Waals surface area contributed by atoms with Gasteiger partial charge in [0.2, 0.25) is 0 Å². The molecule has 4 rings (SSSR count). The van der Waals surface area contributed by atoms with Gasteiger partial charge in [-0.25, -0.2) is 0 Å². The van der Waals surface area contributed by atoms with Gasteiger partial charge < -0.3 is 9.84 Å². The van der Waals surface area contributed by atoms with Crippen LogP contribution in [-0.4, -0.2) is 30.2 Å². The Bertz CT molecular complexity index is 823. The Morgan fingerprint density at radius 3 is 2.72 bits per heavy atom. The number of nitrogens with zero attached hydrogens (tertiary/aromatic N) is 1. The Labute approximate surface area is 157 Å². The van der Waals surface area contributed by atoms with Crippen molar-refractivity contribution >= 4 is 22.0 Å². The molecule has 25 heavy (non-hydrogen) atoms. The lowest BCUT2D eigenvalue weighted by molar-refractivity contribution is 0.177. The van der Waals surface area contributed by atoms with Gasteiger partial charge in [0.25, 0.3) is 0 Å². The van der Waals surface area contributed by atoms with Crippen LogP contribution >= 0.6 is 15.9 Å². The number of hydrogen-bond donors (Lipinski definition) is 1. The first kappa shape index (κ1) is 16.7. The van der Waals surface area contributed by atoms with Crippen molar-refractivity contribution in [1.29, 1.82) is 0 Å². The summed E-state index contributed by atoms with van der Waals surface area (Å²) in [4.78, 5) is 2.48. The first-order valence-electron chi connectivity index (χ1n) is 8.68. The van der Waals surface area contributed by atoms with Crippen molar-refractivity contribution in [3.63, 3.8) is 0 Å². The summed E-state index contributed by atoms with van der Waals surface area (Å²) in [6.07, 6.45) is 7.00. The molecule has 4 heteroatoms. The lowest BCUT2D eigenvalue weighted by Gasteiger charge is -2.39. The number of piperidine rings is 1. The molecule has 0 atom stereocenters. The average Bonchev–Trinajstić information content (AvgIpc) is 2.99. The van der Waals surface area contributed by atoms with Gasteiger partial charge in [0.15, 0.2) is 11.5 Å². The molecule has 0 radical (unpaired) electrons. The van der Waals surface area contributed by atoms with Crippen molar-refractivity contribution < 1.29 is 9.84 Å². The van der Waals surface area contributed by atoms with Gasteiger partial charge in [-0.15, -0.1) is 0 Å². The number of hydrogen-bond acceptors (Lipinski definition) is 3. The molecule has 2 aromatic carbocycles. The highest BCUT2D eigenvalue weighted by atomic mass is 79.9. The number of likely N-dealkylation sites (tertiary alicyclic amines) is 1. The van der Waals surface area contributed by atoms with E-state index in [1.54, 1.807) is 7.11 Å². The zero-order chi connectivity index (χ0) is 17.4. The van der Waals surface area contributed by atoms with E-state index in [9.17, 15) is 5.11 Å². The number of methoxy groups -OCH3 is 1. The fourth-order valence-corrected chi connectivity index (χ4v) is 4.60. The van der Waals surface area contributed by atoms with Crippen molar-refractivity contribution in [1.82, 2.24) is 4.90 Å². The molecule has 3 nitrogen and oxygen atoms in total. The first-order valence-corrected chi connectivity index (χ1v) is 9.47. The van der Waals surface area contributed by atoms with Crippen LogP contribution in [0.4, 0.5) is 0 Å². The molecule has 0 amide bonds. The standard InChI is InChI=1S/C21H22BrNO2/c1-25-19-13-15(12-18(22)20(19)24)14-23-10-8-21(9-11-23)7-6-16-4-2-3-5-17(16)21/h2-7,12-13,24H,8-11,14H2,1H3. The highest BCUT2D eigenvalue weighted by molar-refractivity contribution is 9.10. The summed E-state index contributed by atoms with van der Waals surface area (Å²) < 4.78 is 5.95. The van der Waals surface area contributed by atoms with Crippen LogP contribution in [0.1, 0.15) is 29.5 Å². The summed E-state index contributed by atoms with van der Waals surface area (Å²) in [6, 6.07) is 12.7. The number of ether oxygens (including phenoxy) is 1. The molecule has 2 aliphatic rings. The monoisotopic (exact) mass is 399 g/mol. The minimum absolute atomic E-state index is 0.163. The largest absolute Gasteiger partial charge is 0.503 e. The molecule has 1 aliphatic carbocycles. The van der Waals surface area contributed by atoms with Gasteiger partial charge in [0.05, 0.1) is 11.6 Å². The van der Waals surface area contributed by atoms with Gasteiger partial charge in [0.1, 0.15) is 0 Å². The van der Waals surface area contributed by atoms with Crippen LogP contribution in [0.25, 0.3) is 6.08 Å². The third-order valence-electron chi connectivity index (χ3n) is 5.54. The topological polar surface area (TPSA) is 32.7 Å². The molecule has 130 valence electrons. The van der Waals surface area contributed by atoms with Crippen LogP contribution < -0.4 is 4.74 Å². The predicted octanol–water partition coefficient (Wildman–Crippen LogP) is 4.72. The Morgan fingerprint density at radius 2 is 1.96 bits per heavy atom. The number of allylic oxidation sites excluding steroid dienone is 1. The Hall–Kier alpha value is -1.78. The first-order chi connectivity index (χ1) is 12.1. The van der Waals surface area contributed by atoms with Gasteiger partial charge in [-0.3, -0.25) is 4.90 Å². The number of rotatable bonds is 3. The summed E-state index contributed by atoms with van der Waals surface area (Å²) in [5.74, 6) is 0.682. The third-order valence-corrected chi connectivity index (χ3v) is 6.15. The Balaban J connectivity index is 1.47. The SMILES string of the molecule is COc1cc(CN2CCC3(C=Cc4ccccc43)CC2)cc(Br)c1O. The van der Waals surface area contributed by atoms with Crippen molar-refractivity contribution in [2.45, 2.75) is 24.8 Å². The Kier molecular flexibility index (Phi) is 4.34. The van der Waals surface area contributed by atoms with Crippen molar-refractivity contribution in [3.05, 3.63) is 63.6 Å². The van der Waals surface area contributed by atoms with Gasteiger partial charge in [-0.2, -0.15) is 0 Å². The molecule has 1 heterocycles. The molecule has 1 N–H and O–H groups in total. The third kappa shape index (κ3) is 2.98. The maximum absolute atomic E-state index is 9.97. The fourth-order valence-electron chi connectivity index (χ4n) is 4.11. The number of phenolic OH excluding ortho intramolecular Hbond substituents is 1. The van der Waals surface area contributed by atoms with Gasteiger partial charge in [0, 0.05) is 12.0 Å². The molecule has 1 saturated heterocycles. The smallest absolute Gasteiger partial charge is 0.172 e. The molecular weight excluding hydrogens is 378 g/mol. The fraction of sp³-hybridized carbons (Fsp3) is 0.333. The zero-order valence-corrected chi connectivity index (χ0v) is 15.9. The number of phenols is 1. The molecule has 0 saturated carbocycles. The molecule has 0 aromatic heterocycles. The van der Waals surface area contributed by atoms with Crippen LogP contribution in [-0.2, 0) is 12.0 Å². The second kappa shape index (κ2) is 6.50. The van der Waals surface area contributed by atoms with E-state index in [1.807, 2.05) is 12.1 Å². The van der Waals surface area contributed by atoms with E-state index in [1.165, 1.54) is 11.1 Å². The van der Waals surface area contributed by atoms with Crippen molar-refractivity contribution in [3.8, 4) is 11.5 Å². The van der Waals surface area contributed by atoms with Crippen LogP contribution in [0.3, 0.4) is 0 Å². The molecule has 1 spiro atoms. The lowest BCUT2D eigenvalue weighted by Crippen LogP contribution is -2.40. The number of aromatic hydroxyl groups is 1. The van der Waals surface area contributed by atoms with Gasteiger partial charge in [-0.05, 0) is 70.7 Å². The maximum atomic E-state index is 9.97. The van der Waals surface area contributed by atoms with Gasteiger partial charge in [-0.1, -0.05) is 36.4 Å². The van der Waals surface area contributed by atoms with Crippen molar-refractivity contribution in [2.75, 3.05) is 20.2 Å². The Morgan fingerprint density at radius 1 is 1.20 bits per heavy atom. The number of benzene rings is 2. The van der Waals surface area contributed by atoms with Gasteiger partial charge >= 0.3 is 0 Å². The highest BCUT2D eigenvalue weighted by Crippen LogP contribution is 2.44. The second-order valence-electron chi connectivity index (χ2n) is 6.98. The highest BCUT2D eigenvalue weighted by Gasteiger charge is 2.37. The second-order valence-corrected chi connectivity index (χ2v) is 7.84. The quantitative estimate of drug-likeness (QED) is 0.809. The summed E-state index contributed by atoms with van der Waals surface area (Å²) in [6.45, 7) is 3.01. The number of halogens is 1. The molecule has 1 fully saturated rings. The minimum Gasteiger partial charge on any atom is -0.503 e. The van der Waals surface area contributed by atoms with Crippen molar-refractivity contribution in [2.24, 2.45) is 0 Å². The lowest BCUT2D eigenvalue weighted by atomic mass is 9.74. The van der Waals surface area contributed by atoms with E-state index >= 15 is 0 Å². The normalized spacial score (nSPS) is 18.5. The van der Waals surface area contributed by atoms with Crippen LogP contribution in [0.2, 0.25) is 0 Å². The predicted molar refractivity (Wildman–Crippen MR) is 104 cm³/mol. The molecule has 0 bridgehead atoms. The molecule has 0 unspecified atom stereocenters. The molecule has 2 aromatic rings. The average molecular weight is 400 g/mol. The zero-order valence-electron chi connectivity index (χ0n) is 14.3. The van der Waals surface area contributed by atoms with E-state index in [4.69, 9.17) is 4.74 Å². The van der Waals surface area contributed by atoms with Crippen LogP contribution in [0.5, 0.6) is 11.5 Å². The van der Waals surface area contributed by atoms with E-state index < -0.39 is 0 Å². The summed E-state index contributed by atoms with van der Waals surface area (Å²) in [7, 11) is 1.58. The van der Waals surface area contributed by atoms with E-state index in [0.717, 1.165) is 38.0 Å².